The summed E-state index contributed by atoms with van der Waals surface area (Å²) in [6, 6.07) is 0.220. The largest absolute Gasteiger partial charge is 0.444 e. The van der Waals surface area contributed by atoms with E-state index in [0.717, 1.165) is 12.8 Å². The van der Waals surface area contributed by atoms with E-state index in [9.17, 15) is 13.2 Å². The fourth-order valence-corrected chi connectivity index (χ4v) is 3.82. The first-order chi connectivity index (χ1) is 9.87. The zero-order valence-electron chi connectivity index (χ0n) is 14.5. The topological polar surface area (TPSA) is 75.7 Å². The molecular weight excluding hydrogens is 304 g/mol. The lowest BCUT2D eigenvalue weighted by atomic mass is 9.98. The summed E-state index contributed by atoms with van der Waals surface area (Å²) in [7, 11) is -2.98. The van der Waals surface area contributed by atoms with Gasteiger partial charge in [-0.1, -0.05) is 0 Å². The monoisotopic (exact) mass is 334 g/mol. The molecule has 0 bridgehead atoms. The average Bonchev–Trinajstić information content (AvgIpc) is 2.23. The van der Waals surface area contributed by atoms with E-state index in [-0.39, 0.29) is 30.0 Å². The third-order valence-corrected chi connectivity index (χ3v) is 4.68. The van der Waals surface area contributed by atoms with Crippen molar-refractivity contribution < 1.29 is 17.9 Å². The maximum Gasteiger partial charge on any atom is 0.410 e. The molecule has 1 saturated heterocycles. The molecule has 0 aromatic rings. The highest BCUT2D eigenvalue weighted by Crippen LogP contribution is 2.21. The van der Waals surface area contributed by atoms with Gasteiger partial charge in [-0.25, -0.2) is 13.2 Å². The molecule has 3 unspecified atom stereocenters. The lowest BCUT2D eigenvalue weighted by Gasteiger charge is -2.39. The maximum absolute atomic E-state index is 12.1. The van der Waals surface area contributed by atoms with Crippen molar-refractivity contribution in [2.24, 2.45) is 0 Å². The van der Waals surface area contributed by atoms with Crippen molar-refractivity contribution in [2.45, 2.75) is 71.2 Å². The number of ether oxygens (including phenoxy) is 1. The SMILES string of the molecule is CC(CS(C)(=O)=O)NC1CCN(C(=O)OC(C)(C)C)C(C)C1. The number of amides is 1. The number of hydrogen-bond acceptors (Lipinski definition) is 5. The van der Waals surface area contributed by atoms with Gasteiger partial charge in [0.25, 0.3) is 0 Å². The predicted octanol–water partition coefficient (Wildman–Crippen LogP) is 1.80. The van der Waals surface area contributed by atoms with Gasteiger partial charge in [0.2, 0.25) is 0 Å². The average molecular weight is 334 g/mol. The molecule has 7 heteroatoms. The van der Waals surface area contributed by atoms with Crippen molar-refractivity contribution >= 4 is 15.9 Å². The second kappa shape index (κ2) is 7.17. The van der Waals surface area contributed by atoms with Gasteiger partial charge in [-0.3, -0.25) is 0 Å². The molecule has 1 heterocycles. The Balaban J connectivity index is 2.50. The third-order valence-electron chi connectivity index (χ3n) is 3.58. The van der Waals surface area contributed by atoms with Gasteiger partial charge in [0.1, 0.15) is 15.4 Å². The van der Waals surface area contributed by atoms with Gasteiger partial charge in [-0.15, -0.1) is 0 Å². The number of sulfone groups is 1. The summed E-state index contributed by atoms with van der Waals surface area (Å²) < 4.78 is 28.0. The van der Waals surface area contributed by atoms with E-state index in [1.165, 1.54) is 6.26 Å². The van der Waals surface area contributed by atoms with Crippen LogP contribution in [0.1, 0.15) is 47.5 Å². The lowest BCUT2D eigenvalue weighted by molar-refractivity contribution is 0.00916. The summed E-state index contributed by atoms with van der Waals surface area (Å²) in [4.78, 5) is 13.9. The first-order valence-electron chi connectivity index (χ1n) is 7.81. The van der Waals surface area contributed by atoms with Crippen LogP contribution in [-0.4, -0.2) is 61.7 Å². The molecule has 0 aromatic carbocycles. The van der Waals surface area contributed by atoms with Crippen LogP contribution >= 0.6 is 0 Å². The van der Waals surface area contributed by atoms with E-state index >= 15 is 0 Å². The van der Waals surface area contributed by atoms with E-state index in [4.69, 9.17) is 4.74 Å². The molecule has 1 amide bonds. The molecule has 0 saturated carbocycles. The van der Waals surface area contributed by atoms with Crippen LogP contribution in [-0.2, 0) is 14.6 Å². The number of hydrogen-bond donors (Lipinski definition) is 1. The fraction of sp³-hybridized carbons (Fsp3) is 0.933. The van der Waals surface area contributed by atoms with E-state index in [1.54, 1.807) is 4.90 Å². The molecule has 22 heavy (non-hydrogen) atoms. The quantitative estimate of drug-likeness (QED) is 0.848. The van der Waals surface area contributed by atoms with Gasteiger partial charge < -0.3 is 15.0 Å². The van der Waals surface area contributed by atoms with Crippen molar-refractivity contribution in [1.82, 2.24) is 10.2 Å². The van der Waals surface area contributed by atoms with Crippen molar-refractivity contribution in [2.75, 3.05) is 18.6 Å². The second-order valence-electron chi connectivity index (χ2n) is 7.40. The predicted molar refractivity (Wildman–Crippen MR) is 87.7 cm³/mol. The first-order valence-corrected chi connectivity index (χ1v) is 9.87. The first kappa shape index (κ1) is 19.2. The fourth-order valence-electron chi connectivity index (χ4n) is 2.82. The van der Waals surface area contributed by atoms with E-state index in [1.807, 2.05) is 34.6 Å². The maximum atomic E-state index is 12.1. The summed E-state index contributed by atoms with van der Waals surface area (Å²) in [6.45, 7) is 10.1. The van der Waals surface area contributed by atoms with Gasteiger partial charge in [0.05, 0.1) is 5.75 Å². The summed E-state index contributed by atoms with van der Waals surface area (Å²) in [5.74, 6) is 0.133. The lowest BCUT2D eigenvalue weighted by Crippen LogP contribution is -2.53. The van der Waals surface area contributed by atoms with Crippen molar-refractivity contribution in [3.05, 3.63) is 0 Å². The molecule has 3 atom stereocenters. The number of rotatable bonds is 4. The van der Waals surface area contributed by atoms with E-state index in [0.29, 0.717) is 6.54 Å². The summed E-state index contributed by atoms with van der Waals surface area (Å²) >= 11 is 0. The Bertz CT molecular complexity index is 484. The molecule has 0 aliphatic carbocycles. The van der Waals surface area contributed by atoms with Crippen LogP contribution in [0, 0.1) is 0 Å². The smallest absolute Gasteiger partial charge is 0.410 e. The molecule has 0 spiro atoms. The molecule has 0 aromatic heterocycles. The van der Waals surface area contributed by atoms with Crippen LogP contribution in [0.25, 0.3) is 0 Å². The van der Waals surface area contributed by atoms with Crippen LogP contribution in [0.5, 0.6) is 0 Å². The molecule has 1 rings (SSSR count). The van der Waals surface area contributed by atoms with Crippen LogP contribution in [0.3, 0.4) is 0 Å². The molecule has 130 valence electrons. The second-order valence-corrected chi connectivity index (χ2v) is 9.59. The van der Waals surface area contributed by atoms with Crippen molar-refractivity contribution in [3.63, 3.8) is 0 Å². The Morgan fingerprint density at radius 3 is 2.45 bits per heavy atom. The number of piperidine rings is 1. The minimum atomic E-state index is -2.98. The van der Waals surface area contributed by atoms with Crippen molar-refractivity contribution in [1.29, 1.82) is 0 Å². The standard InChI is InChI=1S/C15H30N2O4S/c1-11(10-22(6,19)20)16-13-7-8-17(12(2)9-13)14(18)21-15(3,4)5/h11-13,16H,7-10H2,1-6H3. The van der Waals surface area contributed by atoms with Gasteiger partial charge in [0.15, 0.2) is 0 Å². The van der Waals surface area contributed by atoms with Crippen LogP contribution in [0.2, 0.25) is 0 Å². The van der Waals surface area contributed by atoms with Crippen LogP contribution < -0.4 is 5.32 Å². The highest BCUT2D eigenvalue weighted by molar-refractivity contribution is 7.90. The highest BCUT2D eigenvalue weighted by Gasteiger charge is 2.32. The molecule has 1 aliphatic rings. The molecule has 0 radical (unpaired) electrons. The van der Waals surface area contributed by atoms with Crippen molar-refractivity contribution in [3.8, 4) is 0 Å². The zero-order valence-corrected chi connectivity index (χ0v) is 15.4. The minimum Gasteiger partial charge on any atom is -0.444 e. The van der Waals surface area contributed by atoms with Gasteiger partial charge in [-0.2, -0.15) is 0 Å². The third kappa shape index (κ3) is 6.96. The number of carbonyl (C=O) groups excluding carboxylic acids is 1. The van der Waals surface area contributed by atoms with Gasteiger partial charge in [-0.05, 0) is 47.5 Å². The minimum absolute atomic E-state index is 0.0755. The number of nitrogens with zero attached hydrogens (tertiary/aromatic N) is 1. The number of nitrogens with one attached hydrogen (secondary N) is 1. The molecule has 1 aliphatic heterocycles. The Kier molecular flexibility index (Phi) is 6.27. The zero-order chi connectivity index (χ0) is 17.1. The Morgan fingerprint density at radius 1 is 1.41 bits per heavy atom. The van der Waals surface area contributed by atoms with Gasteiger partial charge in [0, 0.05) is 30.9 Å². The molecule has 6 nitrogen and oxygen atoms in total. The molecular formula is C15H30N2O4S. The molecule has 1 N–H and O–H groups in total. The molecule has 1 fully saturated rings. The van der Waals surface area contributed by atoms with E-state index < -0.39 is 15.4 Å². The Labute approximate surface area is 134 Å². The van der Waals surface area contributed by atoms with Gasteiger partial charge >= 0.3 is 6.09 Å². The van der Waals surface area contributed by atoms with Crippen LogP contribution in [0.4, 0.5) is 4.79 Å². The van der Waals surface area contributed by atoms with Crippen LogP contribution in [0.15, 0.2) is 0 Å². The Morgan fingerprint density at radius 2 is 2.00 bits per heavy atom. The summed E-state index contributed by atoms with van der Waals surface area (Å²) in [6.07, 6.45) is 2.58. The number of carbonyl (C=O) groups is 1. The Hall–Kier alpha value is -0.820. The summed E-state index contributed by atoms with van der Waals surface area (Å²) in [5, 5.41) is 3.36. The van der Waals surface area contributed by atoms with E-state index in [2.05, 4.69) is 5.32 Å². The highest BCUT2D eigenvalue weighted by atomic mass is 32.2. The number of likely N-dealkylation sites (tertiary alicyclic amines) is 1. The normalized spacial score (nSPS) is 24.9. The summed E-state index contributed by atoms with van der Waals surface area (Å²) in [5.41, 5.74) is -0.490.